The molecule has 0 radical (unpaired) electrons. The van der Waals surface area contributed by atoms with Gasteiger partial charge in [-0.25, -0.2) is 4.98 Å². The smallest absolute Gasteiger partial charge is 0.260 e. The van der Waals surface area contributed by atoms with Crippen LogP contribution in [0.3, 0.4) is 0 Å². The highest BCUT2D eigenvalue weighted by molar-refractivity contribution is 9.10. The summed E-state index contributed by atoms with van der Waals surface area (Å²) in [7, 11) is 0. The number of fused-ring (bicyclic) bond motifs is 1. The lowest BCUT2D eigenvalue weighted by molar-refractivity contribution is 0.0996. The zero-order valence-corrected chi connectivity index (χ0v) is 10.6. The molecule has 2 aromatic rings. The van der Waals surface area contributed by atoms with E-state index < -0.39 is 0 Å². The van der Waals surface area contributed by atoms with Gasteiger partial charge in [0.25, 0.3) is 5.91 Å². The molecule has 0 unspecified atom stereocenters. The van der Waals surface area contributed by atoms with Gasteiger partial charge in [-0.15, -0.1) is 11.3 Å². The molecule has 1 aliphatic heterocycles. The maximum atomic E-state index is 12.1. The van der Waals surface area contributed by atoms with Crippen molar-refractivity contribution < 1.29 is 4.79 Å². The third-order valence-corrected chi connectivity index (χ3v) is 3.81. The van der Waals surface area contributed by atoms with Gasteiger partial charge in [0, 0.05) is 21.6 Å². The molecule has 0 spiro atoms. The number of anilines is 1. The van der Waals surface area contributed by atoms with Gasteiger partial charge in [0.1, 0.15) is 0 Å². The van der Waals surface area contributed by atoms with Crippen molar-refractivity contribution in [1.29, 1.82) is 0 Å². The molecule has 1 aliphatic rings. The number of hydrogen-bond donors (Lipinski definition) is 0. The van der Waals surface area contributed by atoms with E-state index >= 15 is 0 Å². The van der Waals surface area contributed by atoms with Gasteiger partial charge < -0.3 is 0 Å². The highest BCUT2D eigenvalue weighted by atomic mass is 79.9. The molecule has 3 rings (SSSR count). The first-order valence-corrected chi connectivity index (χ1v) is 6.43. The predicted molar refractivity (Wildman–Crippen MR) is 66.8 cm³/mol. The predicted octanol–water partition coefficient (Wildman–Crippen LogP) is 3.07. The standard InChI is InChI=1S/C11H7BrN2OS/c12-8-1-2-9-7(5-8)6-14(10(9)15)11-13-3-4-16-11/h1-5H,6H2. The second kappa shape index (κ2) is 3.68. The van der Waals surface area contributed by atoms with Crippen LogP contribution in [-0.4, -0.2) is 10.9 Å². The lowest BCUT2D eigenvalue weighted by Gasteiger charge is -2.10. The van der Waals surface area contributed by atoms with Crippen molar-refractivity contribution in [1.82, 2.24) is 4.98 Å². The van der Waals surface area contributed by atoms with E-state index in [1.54, 1.807) is 11.1 Å². The van der Waals surface area contributed by atoms with Crippen molar-refractivity contribution in [2.24, 2.45) is 0 Å². The number of halogens is 1. The SMILES string of the molecule is O=C1c2ccc(Br)cc2CN1c1nccs1. The molecule has 5 heteroatoms. The summed E-state index contributed by atoms with van der Waals surface area (Å²) in [6.07, 6.45) is 1.71. The topological polar surface area (TPSA) is 33.2 Å². The maximum Gasteiger partial charge on any atom is 0.260 e. The number of nitrogens with zero attached hydrogens (tertiary/aromatic N) is 2. The number of benzene rings is 1. The van der Waals surface area contributed by atoms with E-state index in [1.165, 1.54) is 11.3 Å². The summed E-state index contributed by atoms with van der Waals surface area (Å²) in [5, 5.41) is 2.64. The summed E-state index contributed by atoms with van der Waals surface area (Å²) >= 11 is 4.89. The Labute approximate surface area is 105 Å². The number of carbonyl (C=O) groups is 1. The molecular formula is C11H7BrN2OS. The average molecular weight is 295 g/mol. The van der Waals surface area contributed by atoms with E-state index in [-0.39, 0.29) is 5.91 Å². The van der Waals surface area contributed by atoms with E-state index in [0.29, 0.717) is 6.54 Å². The molecule has 0 atom stereocenters. The van der Waals surface area contributed by atoms with Crippen LogP contribution in [0.5, 0.6) is 0 Å². The van der Waals surface area contributed by atoms with Crippen LogP contribution in [0.1, 0.15) is 15.9 Å². The summed E-state index contributed by atoms with van der Waals surface area (Å²) < 4.78 is 1.00. The van der Waals surface area contributed by atoms with Gasteiger partial charge >= 0.3 is 0 Å². The van der Waals surface area contributed by atoms with E-state index in [9.17, 15) is 4.79 Å². The molecule has 0 N–H and O–H groups in total. The van der Waals surface area contributed by atoms with Crippen LogP contribution >= 0.6 is 27.3 Å². The molecule has 80 valence electrons. The van der Waals surface area contributed by atoms with E-state index in [4.69, 9.17) is 0 Å². The third kappa shape index (κ3) is 1.47. The first kappa shape index (κ1) is 9.99. The quantitative estimate of drug-likeness (QED) is 0.810. The fourth-order valence-corrected chi connectivity index (χ4v) is 2.84. The minimum atomic E-state index is 0.0393. The maximum absolute atomic E-state index is 12.1. The first-order valence-electron chi connectivity index (χ1n) is 4.75. The van der Waals surface area contributed by atoms with Gasteiger partial charge in [0.05, 0.1) is 6.54 Å². The molecule has 3 nitrogen and oxygen atoms in total. The van der Waals surface area contributed by atoms with Crippen LogP contribution in [0, 0.1) is 0 Å². The summed E-state index contributed by atoms with van der Waals surface area (Å²) in [4.78, 5) is 18.0. The van der Waals surface area contributed by atoms with Crippen molar-refractivity contribution in [3.8, 4) is 0 Å². The summed E-state index contributed by atoms with van der Waals surface area (Å²) in [5.74, 6) is 0.0393. The normalized spacial score (nSPS) is 14.3. The van der Waals surface area contributed by atoms with Crippen LogP contribution in [0.4, 0.5) is 5.13 Å². The van der Waals surface area contributed by atoms with Crippen LogP contribution in [0.25, 0.3) is 0 Å². The number of aromatic nitrogens is 1. The molecule has 1 amide bonds. The summed E-state index contributed by atoms with van der Waals surface area (Å²) in [5.41, 5.74) is 1.83. The fraction of sp³-hybridized carbons (Fsp3) is 0.0909. The average Bonchev–Trinajstić information content (AvgIpc) is 2.86. The summed E-state index contributed by atoms with van der Waals surface area (Å²) in [6.45, 7) is 0.612. The highest BCUT2D eigenvalue weighted by Crippen LogP contribution is 2.30. The number of hydrogen-bond acceptors (Lipinski definition) is 3. The third-order valence-electron chi connectivity index (χ3n) is 2.52. The molecule has 0 saturated carbocycles. The molecule has 0 aliphatic carbocycles. The molecule has 1 aromatic carbocycles. The molecule has 0 fully saturated rings. The minimum absolute atomic E-state index is 0.0393. The molecule has 2 heterocycles. The second-order valence-electron chi connectivity index (χ2n) is 3.51. The van der Waals surface area contributed by atoms with Gasteiger partial charge in [-0.1, -0.05) is 15.9 Å². The van der Waals surface area contributed by atoms with Gasteiger partial charge in [-0.2, -0.15) is 0 Å². The van der Waals surface area contributed by atoms with Crippen LogP contribution in [0.15, 0.2) is 34.2 Å². The van der Waals surface area contributed by atoms with E-state index in [1.807, 2.05) is 23.6 Å². The molecule has 0 saturated heterocycles. The number of rotatable bonds is 1. The molecule has 16 heavy (non-hydrogen) atoms. The van der Waals surface area contributed by atoms with Crippen LogP contribution in [0.2, 0.25) is 0 Å². The van der Waals surface area contributed by atoms with Crippen LogP contribution < -0.4 is 4.90 Å². The van der Waals surface area contributed by atoms with Crippen LogP contribution in [-0.2, 0) is 6.54 Å². The van der Waals surface area contributed by atoms with Crippen molar-refractivity contribution in [2.45, 2.75) is 6.54 Å². The van der Waals surface area contributed by atoms with Gasteiger partial charge in [-0.3, -0.25) is 9.69 Å². The summed E-state index contributed by atoms with van der Waals surface area (Å²) in [6, 6.07) is 5.73. The number of carbonyl (C=O) groups excluding carboxylic acids is 1. The monoisotopic (exact) mass is 294 g/mol. The lowest BCUT2D eigenvalue weighted by Crippen LogP contribution is -2.22. The van der Waals surface area contributed by atoms with Crippen molar-refractivity contribution in [3.05, 3.63) is 45.4 Å². The Morgan fingerprint density at radius 2 is 2.31 bits per heavy atom. The van der Waals surface area contributed by atoms with Crippen molar-refractivity contribution in [3.63, 3.8) is 0 Å². The van der Waals surface area contributed by atoms with E-state index in [2.05, 4.69) is 20.9 Å². The van der Waals surface area contributed by atoms with Gasteiger partial charge in [0.2, 0.25) is 0 Å². The highest BCUT2D eigenvalue weighted by Gasteiger charge is 2.29. The zero-order chi connectivity index (χ0) is 11.1. The lowest BCUT2D eigenvalue weighted by atomic mass is 10.1. The molecule has 1 aromatic heterocycles. The fourth-order valence-electron chi connectivity index (χ4n) is 1.79. The molecule has 0 bridgehead atoms. The van der Waals surface area contributed by atoms with Gasteiger partial charge in [0.15, 0.2) is 5.13 Å². The number of amides is 1. The molecular weight excluding hydrogens is 288 g/mol. The van der Waals surface area contributed by atoms with Crippen molar-refractivity contribution >= 4 is 38.3 Å². The van der Waals surface area contributed by atoms with E-state index in [0.717, 1.165) is 20.7 Å². The Morgan fingerprint density at radius 3 is 3.06 bits per heavy atom. The Balaban J connectivity index is 2.04. The second-order valence-corrected chi connectivity index (χ2v) is 5.30. The Hall–Kier alpha value is -1.20. The Morgan fingerprint density at radius 1 is 1.44 bits per heavy atom. The minimum Gasteiger partial charge on any atom is -0.279 e. The zero-order valence-electron chi connectivity index (χ0n) is 8.18. The number of thiazole rings is 1. The Bertz CT molecular complexity index is 553. The first-order chi connectivity index (χ1) is 7.75. The van der Waals surface area contributed by atoms with Gasteiger partial charge in [-0.05, 0) is 23.8 Å². The largest absolute Gasteiger partial charge is 0.279 e. The van der Waals surface area contributed by atoms with Crippen molar-refractivity contribution in [2.75, 3.05) is 4.90 Å². The Kier molecular flexibility index (Phi) is 2.29.